The topological polar surface area (TPSA) is 171 Å². The number of fused-ring (bicyclic) bond motifs is 2. The van der Waals surface area contributed by atoms with E-state index >= 15 is 0 Å². The van der Waals surface area contributed by atoms with Crippen LogP contribution in [0.5, 0.6) is 0 Å². The summed E-state index contributed by atoms with van der Waals surface area (Å²) in [7, 11) is 1.98. The van der Waals surface area contributed by atoms with Crippen LogP contribution in [0, 0.1) is 24.2 Å². The summed E-state index contributed by atoms with van der Waals surface area (Å²) in [4.78, 5) is 34.3. The van der Waals surface area contributed by atoms with Crippen LogP contribution in [0.25, 0.3) is 10.4 Å². The number of aromatic nitrogens is 1. The summed E-state index contributed by atoms with van der Waals surface area (Å²) >= 11 is 4.10. The molecule has 7 N–H and O–H groups in total. The van der Waals surface area contributed by atoms with E-state index in [2.05, 4.69) is 123 Å². The van der Waals surface area contributed by atoms with Crippen LogP contribution in [-0.2, 0) is 13.3 Å². The second-order valence-electron chi connectivity index (χ2n) is 21.2. The molecule has 1 aromatic heterocycles. The Labute approximate surface area is 446 Å². The van der Waals surface area contributed by atoms with Crippen molar-refractivity contribution in [2.75, 3.05) is 38.1 Å². The number of nitrogens with zero attached hydrogens (tertiary/aromatic N) is 4. The van der Waals surface area contributed by atoms with Gasteiger partial charge in [-0.3, -0.25) is 7.86 Å². The third-order valence-corrected chi connectivity index (χ3v) is 19.6. The number of alkyl halides is 1. The number of anilines is 2. The van der Waals surface area contributed by atoms with E-state index in [9.17, 15) is 12.7 Å². The molecule has 4 aromatic rings. The standard InChI is InChI=1S/C26H30BrN3O.C13H16N2S.C12H24IN3O.C5H9NO/c1-28-25(31)24-21(27)6-5-7-23(24)30-17-26(12-3-2-4-13-26)20-16-19(8-9-22(20)30)18-10-14-29-15-11-18;1-9(14-3)11-4-6-12(7-5-11)13-10(2)15-8-16-13;1-8-5-9(6-8)10(14)7-16(15)11(13-17)12(2,3)4;7-4-5-2-1-3-6-5/h5-9,16,18,29H,1-4,10-15,17H2;4-9,14H,1-3H3;7-9,11H,5-6,14-15H2,1-4H3;4-6H,1-3H2/b;;10-7-;. The number of aldehydes is 1. The van der Waals surface area contributed by atoms with Crippen LogP contribution in [0.15, 0.2) is 87.5 Å². The van der Waals surface area contributed by atoms with E-state index in [1.807, 2.05) is 45.5 Å². The molecular formula is C56H79BrIN9O3S. The van der Waals surface area contributed by atoms with E-state index in [1.54, 1.807) is 22.5 Å². The van der Waals surface area contributed by atoms with Crippen LogP contribution in [0.4, 0.5) is 11.4 Å². The predicted octanol–water partition coefficient (Wildman–Crippen LogP) is 12.1. The molecule has 2 aliphatic carbocycles. The number of aliphatic imine (C=N–C) groups is 1. The summed E-state index contributed by atoms with van der Waals surface area (Å²) in [5.41, 5.74) is 18.3. The summed E-state index contributed by atoms with van der Waals surface area (Å²) < 4.78 is 12.0. The number of nitrogens with two attached hydrogens (primary N) is 2. The average molecular weight is 1170 g/mol. The van der Waals surface area contributed by atoms with E-state index in [0.717, 1.165) is 85.6 Å². The number of halogens is 2. The first-order chi connectivity index (χ1) is 34.0. The molecule has 9 rings (SSSR count). The molecule has 0 radical (unpaired) electrons. The molecule has 2 saturated carbocycles. The highest BCUT2D eigenvalue weighted by molar-refractivity contribution is 14.1. The fourth-order valence-electron chi connectivity index (χ4n) is 10.6. The van der Waals surface area contributed by atoms with E-state index in [-0.39, 0.29) is 26.8 Å². The van der Waals surface area contributed by atoms with Crippen LogP contribution in [0.3, 0.4) is 0 Å². The van der Waals surface area contributed by atoms with Gasteiger partial charge in [0, 0.05) is 46.0 Å². The van der Waals surface area contributed by atoms with Crippen LogP contribution >= 0.6 is 48.5 Å². The molecule has 1 amide bonds. The number of allylic oxidation sites excluding steroid dienone is 1. The summed E-state index contributed by atoms with van der Waals surface area (Å²) in [6.45, 7) is 20.2. The first-order valence-electron chi connectivity index (χ1n) is 25.6. The van der Waals surface area contributed by atoms with Gasteiger partial charge >= 0.3 is 0 Å². The second kappa shape index (κ2) is 26.5. The highest BCUT2D eigenvalue weighted by Crippen LogP contribution is 2.53. The second-order valence-corrected chi connectivity index (χ2v) is 24.6. The third-order valence-electron chi connectivity index (χ3n) is 14.9. The molecule has 15 heteroatoms. The number of benzene rings is 3. The SMILES string of the molecule is C=NC(=O)c1c(Br)cccc1N1CC2(CCCCC2)c2cc(C3CCNCC3)ccc21.CC1CC(/C(N)=C/N(N)C(I=O)C(C)(C)C)C1.CNC(C)c1ccc(-c2scnc2C)cc1.O=CC1CCCN1. The molecule has 3 atom stereocenters. The molecule has 3 unspecified atom stereocenters. The molecule has 3 aromatic carbocycles. The lowest BCUT2D eigenvalue weighted by molar-refractivity contribution is -0.109. The molecule has 5 aliphatic rings. The minimum absolute atomic E-state index is 0.0898. The highest BCUT2D eigenvalue weighted by Gasteiger charge is 2.45. The molecular weight excluding hydrogens is 1090 g/mol. The van der Waals surface area contributed by atoms with Crippen molar-refractivity contribution >= 4 is 78.7 Å². The zero-order chi connectivity index (χ0) is 51.3. The van der Waals surface area contributed by atoms with Crippen molar-refractivity contribution in [1.82, 2.24) is 25.9 Å². The molecule has 4 fully saturated rings. The summed E-state index contributed by atoms with van der Waals surface area (Å²) in [6.07, 6.45) is 16.0. The maximum absolute atomic E-state index is 12.7. The highest BCUT2D eigenvalue weighted by atomic mass is 127. The van der Waals surface area contributed by atoms with E-state index in [4.69, 9.17) is 11.6 Å². The molecule has 386 valence electrons. The number of hydrogen-bond donors (Lipinski definition) is 5. The Hall–Kier alpha value is -3.71. The quantitative estimate of drug-likeness (QED) is 0.0184. The number of carbonyl (C=O) groups excluding carboxylic acids is 2. The zero-order valence-electron chi connectivity index (χ0n) is 43.1. The monoisotopic (exact) mass is 1160 g/mol. The Morgan fingerprint density at radius 1 is 1.04 bits per heavy atom. The first-order valence-corrected chi connectivity index (χ1v) is 29.4. The van der Waals surface area contributed by atoms with E-state index in [0.29, 0.717) is 23.4 Å². The van der Waals surface area contributed by atoms with Crippen molar-refractivity contribution in [2.45, 2.75) is 140 Å². The van der Waals surface area contributed by atoms with Gasteiger partial charge in [-0.2, -0.15) is 0 Å². The van der Waals surface area contributed by atoms with E-state index in [1.165, 1.54) is 77.8 Å². The van der Waals surface area contributed by atoms with Gasteiger partial charge in [0.15, 0.2) is 21.2 Å². The Morgan fingerprint density at radius 2 is 1.75 bits per heavy atom. The maximum atomic E-state index is 12.7. The van der Waals surface area contributed by atoms with Crippen LogP contribution in [0.1, 0.15) is 150 Å². The van der Waals surface area contributed by atoms with Gasteiger partial charge in [-0.25, -0.2) is 15.8 Å². The lowest BCUT2D eigenvalue weighted by Gasteiger charge is -2.36. The van der Waals surface area contributed by atoms with Crippen molar-refractivity contribution < 1.29 is 12.7 Å². The number of carbonyl (C=O) groups is 2. The predicted molar refractivity (Wildman–Crippen MR) is 306 cm³/mol. The fraction of sp³-hybridized carbons (Fsp3) is 0.536. The van der Waals surface area contributed by atoms with Crippen molar-refractivity contribution in [1.29, 1.82) is 0 Å². The van der Waals surface area contributed by atoms with Gasteiger partial charge in [0.2, 0.25) is 0 Å². The van der Waals surface area contributed by atoms with Gasteiger partial charge in [0.1, 0.15) is 10.3 Å². The van der Waals surface area contributed by atoms with Crippen LogP contribution < -0.4 is 32.4 Å². The lowest BCUT2D eigenvalue weighted by atomic mass is 9.70. The lowest BCUT2D eigenvalue weighted by Crippen LogP contribution is -2.42. The van der Waals surface area contributed by atoms with Gasteiger partial charge in [-0.15, -0.1) is 11.3 Å². The number of amides is 1. The largest absolute Gasteiger partial charge is 0.401 e. The summed E-state index contributed by atoms with van der Waals surface area (Å²) in [5.74, 6) is 7.57. The number of piperidine rings is 1. The first kappa shape index (κ1) is 56.6. The smallest absolute Gasteiger partial charge is 0.279 e. The Bertz CT molecular complexity index is 2420. The van der Waals surface area contributed by atoms with E-state index < -0.39 is 21.2 Å². The van der Waals surface area contributed by atoms with Crippen LogP contribution in [0.2, 0.25) is 0 Å². The normalized spacial score (nSPS) is 21.5. The molecule has 71 heavy (non-hydrogen) atoms. The molecule has 4 heterocycles. The van der Waals surface area contributed by atoms with Crippen molar-refractivity contribution in [3.05, 3.63) is 110 Å². The molecule has 0 bridgehead atoms. The maximum Gasteiger partial charge on any atom is 0.279 e. The third kappa shape index (κ3) is 14.5. The van der Waals surface area contributed by atoms with Crippen LogP contribution in [-0.4, -0.2) is 72.2 Å². The summed E-state index contributed by atoms with van der Waals surface area (Å²) in [5, 5.41) is 11.3. The Balaban J connectivity index is 0.000000175. The van der Waals surface area contributed by atoms with Gasteiger partial charge in [-0.1, -0.05) is 89.4 Å². The van der Waals surface area contributed by atoms with Crippen molar-refractivity contribution in [3.8, 4) is 10.4 Å². The molecule has 12 nitrogen and oxygen atoms in total. The number of thiazole rings is 1. The molecule has 2 saturated heterocycles. The number of hydrogen-bond acceptors (Lipinski definition) is 12. The minimum atomic E-state index is -1.18. The number of rotatable bonds is 11. The molecule has 3 aliphatic heterocycles. The number of aryl methyl sites for hydroxylation is 1. The Morgan fingerprint density at radius 3 is 2.30 bits per heavy atom. The zero-order valence-corrected chi connectivity index (χ0v) is 47.7. The Kier molecular flexibility index (Phi) is 21.1. The van der Waals surface area contributed by atoms with Gasteiger partial charge in [-0.05, 0) is 172 Å². The van der Waals surface area contributed by atoms with Crippen molar-refractivity contribution in [2.24, 2.45) is 33.8 Å². The van der Waals surface area contributed by atoms with Gasteiger partial charge in [0.05, 0.1) is 33.4 Å². The number of hydrazine groups is 1. The fourth-order valence-corrected chi connectivity index (χ4v) is 13.2. The van der Waals surface area contributed by atoms with Gasteiger partial charge < -0.3 is 36.4 Å². The van der Waals surface area contributed by atoms with Gasteiger partial charge in [0.25, 0.3) is 5.91 Å². The average Bonchev–Trinajstić information content (AvgIpc) is 4.13. The van der Waals surface area contributed by atoms with Crippen molar-refractivity contribution in [3.63, 3.8) is 0 Å². The number of nitrogens with one attached hydrogen (secondary N) is 3. The minimum Gasteiger partial charge on any atom is -0.401 e. The molecule has 1 spiro atoms. The summed E-state index contributed by atoms with van der Waals surface area (Å²) in [6, 6.07) is 22.4.